The number of nitrogens with one attached hydrogen (secondary N) is 3. The van der Waals surface area contributed by atoms with Crippen LogP contribution >= 0.6 is 11.6 Å². The van der Waals surface area contributed by atoms with Crippen molar-refractivity contribution in [3.05, 3.63) is 63.4 Å². The Hall–Kier alpha value is -3.60. The van der Waals surface area contributed by atoms with Crippen molar-refractivity contribution >= 4 is 34.9 Å². The number of anilines is 1. The Morgan fingerprint density at radius 3 is 2.71 bits per heavy atom. The van der Waals surface area contributed by atoms with Crippen LogP contribution < -0.4 is 10.6 Å². The summed E-state index contributed by atoms with van der Waals surface area (Å²) in [7, 11) is 0. The summed E-state index contributed by atoms with van der Waals surface area (Å²) < 4.78 is 29.2. The fourth-order valence-corrected chi connectivity index (χ4v) is 4.62. The summed E-state index contributed by atoms with van der Waals surface area (Å²) in [5.74, 6) is -2.99. The number of alkyl halides is 1. The highest BCUT2D eigenvalue weighted by atomic mass is 35.5. The van der Waals surface area contributed by atoms with Gasteiger partial charge in [-0.15, -0.1) is 0 Å². The highest BCUT2D eigenvalue weighted by molar-refractivity contribution is 6.44. The van der Waals surface area contributed by atoms with Crippen molar-refractivity contribution < 1.29 is 23.2 Å². The second-order valence-corrected chi connectivity index (χ2v) is 8.92. The van der Waals surface area contributed by atoms with Gasteiger partial charge < -0.3 is 15.2 Å². The largest absolute Gasteiger partial charge is 0.338 e. The highest BCUT2D eigenvalue weighted by Crippen LogP contribution is 2.44. The van der Waals surface area contributed by atoms with Crippen molar-refractivity contribution in [1.82, 2.24) is 25.3 Å². The number of benzene rings is 1. The number of aromatic amines is 1. The number of ketones is 1. The smallest absolute Gasteiger partial charge is 0.293 e. The van der Waals surface area contributed by atoms with E-state index >= 15 is 0 Å². The molecule has 2 aliphatic rings. The van der Waals surface area contributed by atoms with Gasteiger partial charge in [0, 0.05) is 17.8 Å². The van der Waals surface area contributed by atoms with Crippen molar-refractivity contribution in [3.63, 3.8) is 0 Å². The number of carbonyl (C=O) groups is 3. The van der Waals surface area contributed by atoms with Gasteiger partial charge in [-0.1, -0.05) is 11.6 Å². The lowest BCUT2D eigenvalue weighted by molar-refractivity contribution is -0.118. The van der Waals surface area contributed by atoms with E-state index in [0.29, 0.717) is 24.2 Å². The van der Waals surface area contributed by atoms with E-state index < -0.39 is 35.1 Å². The Kier molecular flexibility index (Phi) is 5.23. The molecule has 5 rings (SSSR count). The third-order valence-electron chi connectivity index (χ3n) is 6.24. The monoisotopic (exact) mass is 488 g/mol. The first-order chi connectivity index (χ1) is 16.2. The number of Topliss-reactive ketones (excluding diaryl/α,β-unsaturated/α-hetero) is 1. The Labute approximate surface area is 196 Å². The van der Waals surface area contributed by atoms with Crippen LogP contribution in [0, 0.1) is 12.7 Å². The highest BCUT2D eigenvalue weighted by Gasteiger charge is 2.49. The lowest BCUT2D eigenvalue weighted by atomic mass is 10.0. The van der Waals surface area contributed by atoms with Crippen LogP contribution in [0.25, 0.3) is 0 Å². The second kappa shape index (κ2) is 8.01. The Morgan fingerprint density at radius 1 is 1.29 bits per heavy atom. The minimum atomic E-state index is -1.30. The molecule has 2 aromatic heterocycles. The van der Waals surface area contributed by atoms with E-state index in [1.54, 1.807) is 0 Å². The summed E-state index contributed by atoms with van der Waals surface area (Å²) in [6.07, 6.45) is 1.29. The molecule has 3 heterocycles. The number of nitrogens with zero attached hydrogens (tertiary/aromatic N) is 3. The van der Waals surface area contributed by atoms with E-state index in [4.69, 9.17) is 11.6 Å². The van der Waals surface area contributed by atoms with Crippen LogP contribution in [0.1, 0.15) is 50.6 Å². The molecule has 1 saturated carbocycles. The molecule has 176 valence electrons. The number of amides is 2. The molecule has 0 spiro atoms. The van der Waals surface area contributed by atoms with Crippen LogP contribution in [0.4, 0.5) is 14.5 Å². The Morgan fingerprint density at radius 2 is 2.06 bits per heavy atom. The van der Waals surface area contributed by atoms with Gasteiger partial charge in [0.15, 0.2) is 0 Å². The Bertz CT molecular complexity index is 1330. The van der Waals surface area contributed by atoms with Gasteiger partial charge in [-0.05, 0) is 43.5 Å². The van der Waals surface area contributed by atoms with Gasteiger partial charge in [-0.2, -0.15) is 15.4 Å². The molecule has 3 aromatic rings. The molecule has 0 radical (unpaired) electrons. The zero-order valence-electron chi connectivity index (χ0n) is 17.9. The van der Waals surface area contributed by atoms with Gasteiger partial charge in [0.05, 0.1) is 28.9 Å². The molecule has 1 aliphatic heterocycles. The number of hydrogen-bond acceptors (Lipinski definition) is 5. The van der Waals surface area contributed by atoms with Crippen LogP contribution in [0.15, 0.2) is 24.4 Å². The molecular formula is C22H19ClF2N6O3. The van der Waals surface area contributed by atoms with Gasteiger partial charge in [0.1, 0.15) is 23.4 Å². The summed E-state index contributed by atoms with van der Waals surface area (Å²) >= 11 is 5.78. The molecule has 0 bridgehead atoms. The summed E-state index contributed by atoms with van der Waals surface area (Å²) in [5.41, 5.74) is 0.615. The fourth-order valence-electron chi connectivity index (χ4n) is 4.44. The lowest BCUT2D eigenvalue weighted by Crippen LogP contribution is -2.40. The maximum Gasteiger partial charge on any atom is 0.293 e. The van der Waals surface area contributed by atoms with Gasteiger partial charge in [0.2, 0.25) is 0 Å². The average Bonchev–Trinajstić information content (AvgIpc) is 3.11. The number of rotatable bonds is 6. The van der Waals surface area contributed by atoms with Crippen molar-refractivity contribution in [1.29, 1.82) is 0 Å². The lowest BCUT2D eigenvalue weighted by Gasteiger charge is -2.14. The third-order valence-corrected chi connectivity index (χ3v) is 6.53. The van der Waals surface area contributed by atoms with Gasteiger partial charge >= 0.3 is 0 Å². The topological polar surface area (TPSA) is 122 Å². The summed E-state index contributed by atoms with van der Waals surface area (Å²) in [6, 6.07) is 3.68. The predicted octanol–water partition coefficient (Wildman–Crippen LogP) is 2.84. The molecule has 9 nitrogen and oxygen atoms in total. The normalized spacial score (nSPS) is 17.8. The van der Waals surface area contributed by atoms with E-state index in [1.807, 2.05) is 0 Å². The quantitative estimate of drug-likeness (QED) is 0.364. The molecule has 0 saturated heterocycles. The molecule has 34 heavy (non-hydrogen) atoms. The number of hydrogen-bond donors (Lipinski definition) is 3. The molecular weight excluding hydrogens is 470 g/mol. The van der Waals surface area contributed by atoms with Gasteiger partial charge in [-0.25, -0.2) is 8.78 Å². The standard InChI is InChI=1S/C22H19ClF2N6O3/c1-10-17(19(32)21(34)28-22(4-5-22)16-8-26-30-29-16)15-6-11(24)9-31(15)18(10)20(33)27-12-2-3-14(25)13(23)7-12/h2-3,7-8,11H,4-6,9H2,1H3,(H,27,33)(H,28,34)(H,26,29,30)/t11-/m0/s1. The van der Waals surface area contributed by atoms with Gasteiger partial charge in [0.25, 0.3) is 17.6 Å². The maximum atomic E-state index is 14.3. The molecule has 0 unspecified atom stereocenters. The summed E-state index contributed by atoms with van der Waals surface area (Å²) in [6.45, 7) is 1.41. The maximum absolute atomic E-state index is 14.3. The zero-order chi connectivity index (χ0) is 24.2. The molecule has 2 amide bonds. The number of H-pyrrole nitrogens is 1. The number of carbonyl (C=O) groups excluding carboxylic acids is 3. The minimum Gasteiger partial charge on any atom is -0.338 e. The van der Waals surface area contributed by atoms with E-state index in [9.17, 15) is 23.2 Å². The predicted molar refractivity (Wildman–Crippen MR) is 117 cm³/mol. The fraction of sp³-hybridized carbons (Fsp3) is 0.318. The van der Waals surface area contributed by atoms with Crippen molar-refractivity contribution in [2.45, 2.75) is 44.4 Å². The number of halogens is 3. The average molecular weight is 489 g/mol. The molecule has 1 fully saturated rings. The first kappa shape index (κ1) is 22.2. The summed E-state index contributed by atoms with van der Waals surface area (Å²) in [5, 5.41) is 15.4. The van der Waals surface area contributed by atoms with Crippen LogP contribution in [-0.4, -0.2) is 43.7 Å². The van der Waals surface area contributed by atoms with E-state index in [1.165, 1.54) is 29.8 Å². The van der Waals surface area contributed by atoms with Crippen LogP contribution in [0.5, 0.6) is 0 Å². The SMILES string of the molecule is Cc1c(C(=O)C(=O)NC2(c3cn[nH]n3)CC2)c2n(c1C(=O)Nc1ccc(F)c(Cl)c1)C[C@@H](F)C2. The molecule has 1 atom stereocenters. The first-order valence-electron chi connectivity index (χ1n) is 10.6. The zero-order valence-corrected chi connectivity index (χ0v) is 18.7. The van der Waals surface area contributed by atoms with Crippen molar-refractivity contribution in [3.8, 4) is 0 Å². The number of fused-ring (bicyclic) bond motifs is 1. The van der Waals surface area contributed by atoms with Crippen LogP contribution in [0.3, 0.4) is 0 Å². The molecule has 12 heteroatoms. The van der Waals surface area contributed by atoms with E-state index in [2.05, 4.69) is 26.0 Å². The molecule has 3 N–H and O–H groups in total. The molecule has 1 aromatic carbocycles. The minimum absolute atomic E-state index is 0.0101. The van der Waals surface area contributed by atoms with E-state index in [0.717, 1.165) is 6.07 Å². The third kappa shape index (κ3) is 3.65. The second-order valence-electron chi connectivity index (χ2n) is 8.51. The van der Waals surface area contributed by atoms with E-state index in [-0.39, 0.29) is 40.5 Å². The number of aromatic nitrogens is 4. The molecule has 1 aliphatic carbocycles. The van der Waals surface area contributed by atoms with Crippen molar-refractivity contribution in [2.75, 3.05) is 5.32 Å². The first-order valence-corrected chi connectivity index (χ1v) is 10.9. The van der Waals surface area contributed by atoms with Crippen LogP contribution in [0.2, 0.25) is 5.02 Å². The summed E-state index contributed by atoms with van der Waals surface area (Å²) in [4.78, 5) is 39.2. The van der Waals surface area contributed by atoms with Gasteiger partial charge in [-0.3, -0.25) is 14.4 Å². The Balaban J connectivity index is 1.45. The van der Waals surface area contributed by atoms with Crippen LogP contribution in [-0.2, 0) is 23.3 Å². The van der Waals surface area contributed by atoms with Crippen molar-refractivity contribution in [2.24, 2.45) is 0 Å².